The first-order valence-electron chi connectivity index (χ1n) is 13.5. The van der Waals surface area contributed by atoms with E-state index in [0.29, 0.717) is 24.0 Å². The summed E-state index contributed by atoms with van der Waals surface area (Å²) in [6, 6.07) is 0. The molecule has 0 radical (unpaired) electrons. The average Bonchev–Trinajstić information content (AvgIpc) is 3.72. The lowest BCUT2D eigenvalue weighted by Crippen LogP contribution is -2.33. The highest BCUT2D eigenvalue weighted by Gasteiger charge is 2.52. The molecule has 3 fully saturated rings. The van der Waals surface area contributed by atoms with Crippen molar-refractivity contribution in [2.45, 2.75) is 56.9 Å². The van der Waals surface area contributed by atoms with Crippen molar-refractivity contribution in [2.75, 3.05) is 24.7 Å². The summed E-state index contributed by atoms with van der Waals surface area (Å²) in [4.78, 5) is 35.5. The maximum atomic E-state index is 15.8. The second kappa shape index (κ2) is 10.8. The molecule has 0 saturated carbocycles. The van der Waals surface area contributed by atoms with Gasteiger partial charge in [0.25, 0.3) is 5.56 Å². The summed E-state index contributed by atoms with van der Waals surface area (Å²) >= 11 is 4.14. The van der Waals surface area contributed by atoms with Crippen LogP contribution in [0.5, 0.6) is 0 Å². The van der Waals surface area contributed by atoms with Gasteiger partial charge in [0.05, 0.1) is 32.0 Å². The number of rotatable bonds is 3. The second-order valence-electron chi connectivity index (χ2n) is 10.5. The molecule has 2 unspecified atom stereocenters. The van der Waals surface area contributed by atoms with E-state index in [4.69, 9.17) is 34.7 Å². The fraction of sp³-hybridized carbons (Fsp3) is 0.565. The van der Waals surface area contributed by atoms with E-state index in [1.807, 2.05) is 6.92 Å². The van der Waals surface area contributed by atoms with Crippen molar-refractivity contribution in [3.63, 3.8) is 0 Å². The number of hydrogen-bond donors (Lipinski definition) is 4. The Kier molecular flexibility index (Phi) is 7.15. The zero-order chi connectivity index (χ0) is 30.0. The first kappa shape index (κ1) is 28.6. The Morgan fingerprint density at radius 3 is 2.67 bits per heavy atom. The number of hydrogen-bond acceptors (Lipinski definition) is 14. The van der Waals surface area contributed by atoms with Crippen LogP contribution in [0.2, 0.25) is 0 Å². The number of nitrogens with zero attached hydrogens (tertiary/aromatic N) is 7. The third-order valence-corrected chi connectivity index (χ3v) is 9.70. The molecule has 20 heteroatoms. The number of anilines is 2. The van der Waals surface area contributed by atoms with E-state index in [2.05, 4.69) is 42.2 Å². The molecule has 3 aliphatic rings. The van der Waals surface area contributed by atoms with Gasteiger partial charge in [0, 0.05) is 5.92 Å². The minimum absolute atomic E-state index is 0.0192. The number of nitrogens with one attached hydrogen (secondary N) is 1. The van der Waals surface area contributed by atoms with E-state index in [1.54, 1.807) is 10.9 Å². The van der Waals surface area contributed by atoms with Gasteiger partial charge < -0.3 is 25.7 Å². The van der Waals surface area contributed by atoms with E-state index in [9.17, 15) is 9.36 Å². The number of nitrogens with two attached hydrogens (primary N) is 2. The Hall–Kier alpha value is -3.19. The van der Waals surface area contributed by atoms with Crippen LogP contribution < -0.4 is 17.0 Å². The van der Waals surface area contributed by atoms with Crippen LogP contribution >= 0.6 is 19.0 Å². The summed E-state index contributed by atoms with van der Waals surface area (Å²) in [5.74, 6) is -0.174. The lowest BCUT2D eigenvalue weighted by atomic mass is 9.85. The molecule has 7 heterocycles. The zero-order valence-electron chi connectivity index (χ0n) is 22.6. The number of halogens is 1. The van der Waals surface area contributed by atoms with Crippen LogP contribution in [-0.2, 0) is 27.8 Å². The standard InChI is InChI=1S/C23H28FN10O7PS/c1-2-9-10-3-4-37-22-12(24)15(21(40-22)34-8-30-14-18(34)31-23(26)32-19(14)35)41-42(36,43)38-5-11(10)39-20(9)33-7-29-13-16(25)27-6-28-17(13)33/h6-12,15,20-22H,2-5H2,1H3,(H,36,43)(H2,25,27,28)(H3,26,31,32,35)/t9-,10+,11-,12+,15-,20-,21-,22?,42?/m1/s1. The first-order valence-corrected chi connectivity index (χ1v) is 16.2. The first-order chi connectivity index (χ1) is 20.6. The molecule has 4 aromatic rings. The van der Waals surface area contributed by atoms with Crippen molar-refractivity contribution in [3.8, 4) is 0 Å². The number of thiol groups is 1. The molecule has 3 aliphatic heterocycles. The maximum absolute atomic E-state index is 15.8. The summed E-state index contributed by atoms with van der Waals surface area (Å²) in [5.41, 5.74) is 12.0. The Morgan fingerprint density at radius 1 is 1.12 bits per heavy atom. The van der Waals surface area contributed by atoms with Crippen molar-refractivity contribution in [1.29, 1.82) is 0 Å². The van der Waals surface area contributed by atoms with Crippen molar-refractivity contribution >= 4 is 53.1 Å². The third kappa shape index (κ3) is 4.88. The van der Waals surface area contributed by atoms with Crippen molar-refractivity contribution in [3.05, 3.63) is 29.3 Å². The monoisotopic (exact) mass is 638 g/mol. The van der Waals surface area contributed by atoms with Crippen molar-refractivity contribution in [2.24, 2.45) is 11.8 Å². The Bertz CT molecular complexity index is 1790. The van der Waals surface area contributed by atoms with Gasteiger partial charge in [-0.15, -0.1) is 0 Å². The van der Waals surface area contributed by atoms with E-state index in [-0.39, 0.29) is 48.0 Å². The van der Waals surface area contributed by atoms with Crippen LogP contribution in [0, 0.1) is 11.8 Å². The molecule has 0 aromatic carbocycles. The van der Waals surface area contributed by atoms with E-state index < -0.39 is 49.5 Å². The third-order valence-electron chi connectivity index (χ3n) is 8.08. The van der Waals surface area contributed by atoms with Crippen LogP contribution in [0.3, 0.4) is 0 Å². The number of fused-ring (bicyclic) bond motifs is 5. The molecule has 43 heavy (non-hydrogen) atoms. The maximum Gasteiger partial charge on any atom is 0.386 e. The van der Waals surface area contributed by atoms with Crippen LogP contribution in [-0.4, -0.2) is 76.9 Å². The highest BCUT2D eigenvalue weighted by molar-refractivity contribution is 8.44. The molecule has 2 bridgehead atoms. The van der Waals surface area contributed by atoms with Gasteiger partial charge >= 0.3 is 6.80 Å². The van der Waals surface area contributed by atoms with E-state index in [1.165, 1.54) is 17.2 Å². The van der Waals surface area contributed by atoms with Gasteiger partial charge in [0.2, 0.25) is 5.95 Å². The molecular weight excluding hydrogens is 610 g/mol. The highest BCUT2D eigenvalue weighted by atomic mass is 32.7. The minimum atomic E-state index is -4.21. The Balaban J connectivity index is 1.18. The molecule has 9 atom stereocenters. The van der Waals surface area contributed by atoms with Crippen LogP contribution in [0.4, 0.5) is 16.2 Å². The summed E-state index contributed by atoms with van der Waals surface area (Å²) in [6.45, 7) is -2.25. The molecule has 7 rings (SSSR count). The lowest BCUT2D eigenvalue weighted by Gasteiger charge is -2.27. The van der Waals surface area contributed by atoms with Gasteiger partial charge in [-0.05, 0) is 18.8 Å². The number of alkyl halides is 1. The van der Waals surface area contributed by atoms with Crippen molar-refractivity contribution in [1.82, 2.24) is 39.0 Å². The fourth-order valence-corrected chi connectivity index (χ4v) is 7.58. The topological polar surface area (TPSA) is 222 Å². The molecule has 3 saturated heterocycles. The lowest BCUT2D eigenvalue weighted by molar-refractivity contribution is -0.168. The summed E-state index contributed by atoms with van der Waals surface area (Å²) < 4.78 is 62.0. The van der Waals surface area contributed by atoms with Gasteiger partial charge in [0.15, 0.2) is 41.3 Å². The predicted octanol–water partition coefficient (Wildman–Crippen LogP) is 1.72. The number of aromatic amines is 1. The molecular formula is C23H28FN10O7PS. The highest BCUT2D eigenvalue weighted by Crippen LogP contribution is 2.58. The normalized spacial score (nSPS) is 35.1. The largest absolute Gasteiger partial charge is 0.386 e. The average molecular weight is 639 g/mol. The van der Waals surface area contributed by atoms with Crippen LogP contribution in [0.1, 0.15) is 32.2 Å². The predicted molar refractivity (Wildman–Crippen MR) is 150 cm³/mol. The summed E-state index contributed by atoms with van der Waals surface area (Å²) in [5, 5.41) is 0. The Labute approximate surface area is 247 Å². The summed E-state index contributed by atoms with van der Waals surface area (Å²) in [6.07, 6.45) is -1.86. The van der Waals surface area contributed by atoms with Crippen molar-refractivity contribution < 1.29 is 32.2 Å². The van der Waals surface area contributed by atoms with E-state index >= 15 is 4.39 Å². The molecule has 230 valence electrons. The zero-order valence-corrected chi connectivity index (χ0v) is 24.4. The minimum Gasteiger partial charge on any atom is -0.382 e. The van der Waals surface area contributed by atoms with Crippen LogP contribution in [0.25, 0.3) is 22.3 Å². The number of aromatic nitrogens is 8. The van der Waals surface area contributed by atoms with E-state index in [0.717, 1.165) is 0 Å². The van der Waals surface area contributed by atoms with Gasteiger partial charge in [-0.25, -0.2) is 28.9 Å². The second-order valence-corrected chi connectivity index (χ2v) is 13.4. The summed E-state index contributed by atoms with van der Waals surface area (Å²) in [7, 11) is 0. The van der Waals surface area contributed by atoms with Crippen LogP contribution in [0.15, 0.2) is 23.8 Å². The fourth-order valence-electron chi connectivity index (χ4n) is 6.13. The molecule has 17 nitrogen and oxygen atoms in total. The smallest absolute Gasteiger partial charge is 0.382 e. The molecule has 5 N–H and O–H groups in total. The SMILES string of the molecule is CC[C@@H]1[C@@H]2CCOC3O[C@@H](n4cnc5c(=O)[nH]c(N)nc54)[C@H](OP(=O)(S)OC[C@H]2O[C@H]1n1cnc2c(N)ncnc21)[C@@H]3F. The number of H-pyrrole nitrogens is 1. The van der Waals surface area contributed by atoms with Gasteiger partial charge in [-0.2, -0.15) is 4.98 Å². The Morgan fingerprint density at radius 2 is 1.88 bits per heavy atom. The molecule has 0 spiro atoms. The number of nitrogen functional groups attached to an aromatic ring is 2. The molecule has 0 aliphatic carbocycles. The molecule has 4 aromatic heterocycles. The van der Waals surface area contributed by atoms with Gasteiger partial charge in [0.1, 0.15) is 24.2 Å². The number of imidazole rings is 2. The van der Waals surface area contributed by atoms with Gasteiger partial charge in [-0.1, -0.05) is 19.2 Å². The number of ether oxygens (including phenoxy) is 3. The molecule has 0 amide bonds. The van der Waals surface area contributed by atoms with Gasteiger partial charge in [-0.3, -0.25) is 28.0 Å². The quantitative estimate of drug-likeness (QED) is 0.185.